The summed E-state index contributed by atoms with van der Waals surface area (Å²) >= 11 is 0. The molecule has 1 aromatic heterocycles. The molecule has 0 bridgehead atoms. The smallest absolute Gasteiger partial charge is 0.141 e. The van der Waals surface area contributed by atoms with Gasteiger partial charge in [-0.2, -0.15) is 0 Å². The van der Waals surface area contributed by atoms with E-state index in [1.165, 1.54) is 0 Å². The zero-order chi connectivity index (χ0) is 6.69. The zero-order valence-electron chi connectivity index (χ0n) is 5.12. The number of nitrogens with zero attached hydrogens (tertiary/aromatic N) is 2. The van der Waals surface area contributed by atoms with Crippen LogP contribution in [-0.2, 0) is 6.54 Å². The van der Waals surface area contributed by atoms with E-state index in [9.17, 15) is 0 Å². The second-order valence-electron chi connectivity index (χ2n) is 1.78. The largest absolute Gasteiger partial charge is 0.382 e. The van der Waals surface area contributed by atoms with Crippen molar-refractivity contribution in [3.05, 3.63) is 25.2 Å². The van der Waals surface area contributed by atoms with Crippen molar-refractivity contribution in [2.45, 2.75) is 6.54 Å². The summed E-state index contributed by atoms with van der Waals surface area (Å²) in [5, 5.41) is 0. The zero-order valence-corrected chi connectivity index (χ0v) is 5.12. The van der Waals surface area contributed by atoms with Crippen molar-refractivity contribution in [1.29, 1.82) is 0 Å². The quantitative estimate of drug-likeness (QED) is 0.587. The van der Waals surface area contributed by atoms with Gasteiger partial charge in [-0.25, -0.2) is 4.98 Å². The molecule has 0 fully saturated rings. The molecule has 2 N–H and O–H groups in total. The van der Waals surface area contributed by atoms with Gasteiger partial charge in [-0.15, -0.1) is 6.58 Å². The van der Waals surface area contributed by atoms with Crippen LogP contribution in [0.5, 0.6) is 0 Å². The van der Waals surface area contributed by atoms with Crippen LogP contribution in [0.15, 0.2) is 25.2 Å². The highest BCUT2D eigenvalue weighted by atomic mass is 15.1. The van der Waals surface area contributed by atoms with E-state index in [-0.39, 0.29) is 0 Å². The first-order valence-corrected chi connectivity index (χ1v) is 2.71. The van der Waals surface area contributed by atoms with E-state index >= 15 is 0 Å². The molecule has 48 valence electrons. The lowest BCUT2D eigenvalue weighted by Crippen LogP contribution is -1.88. The molecule has 3 nitrogen and oxygen atoms in total. The Morgan fingerprint density at radius 1 is 1.89 bits per heavy atom. The topological polar surface area (TPSA) is 43.8 Å². The number of anilines is 1. The lowest BCUT2D eigenvalue weighted by atomic mass is 10.6. The van der Waals surface area contributed by atoms with Crippen molar-refractivity contribution < 1.29 is 0 Å². The van der Waals surface area contributed by atoms with E-state index in [0.717, 1.165) is 6.54 Å². The van der Waals surface area contributed by atoms with Crippen LogP contribution in [0.3, 0.4) is 0 Å². The van der Waals surface area contributed by atoms with Crippen molar-refractivity contribution in [2.24, 2.45) is 0 Å². The third-order valence-corrected chi connectivity index (χ3v) is 0.993. The van der Waals surface area contributed by atoms with E-state index in [1.54, 1.807) is 18.6 Å². The molecule has 0 spiro atoms. The minimum Gasteiger partial charge on any atom is -0.382 e. The van der Waals surface area contributed by atoms with Crippen molar-refractivity contribution in [3.8, 4) is 0 Å². The normalized spacial score (nSPS) is 9.33. The van der Waals surface area contributed by atoms with Crippen LogP contribution in [0.2, 0.25) is 0 Å². The van der Waals surface area contributed by atoms with Crippen molar-refractivity contribution in [1.82, 2.24) is 9.55 Å². The lowest BCUT2D eigenvalue weighted by molar-refractivity contribution is 0.822. The molecule has 1 rings (SSSR count). The highest BCUT2D eigenvalue weighted by Gasteiger charge is 1.87. The van der Waals surface area contributed by atoms with Crippen molar-refractivity contribution in [2.75, 3.05) is 5.73 Å². The van der Waals surface area contributed by atoms with Gasteiger partial charge in [0.05, 0.1) is 6.33 Å². The highest BCUT2D eigenvalue weighted by molar-refractivity contribution is 5.22. The van der Waals surface area contributed by atoms with Gasteiger partial charge in [-0.3, -0.25) is 0 Å². The van der Waals surface area contributed by atoms with Crippen LogP contribution in [0.4, 0.5) is 5.82 Å². The van der Waals surface area contributed by atoms with Gasteiger partial charge in [0.1, 0.15) is 5.82 Å². The number of nitrogens with two attached hydrogens (primary N) is 1. The number of nitrogen functional groups attached to an aromatic ring is 1. The molecule has 9 heavy (non-hydrogen) atoms. The third kappa shape index (κ3) is 1.32. The van der Waals surface area contributed by atoms with E-state index in [1.807, 2.05) is 4.57 Å². The molecule has 0 atom stereocenters. The molecule has 0 aliphatic carbocycles. The molecule has 3 heteroatoms. The fourth-order valence-corrected chi connectivity index (χ4v) is 0.626. The van der Waals surface area contributed by atoms with Gasteiger partial charge in [0.2, 0.25) is 0 Å². The molecule has 0 saturated heterocycles. The second kappa shape index (κ2) is 2.35. The van der Waals surface area contributed by atoms with Crippen molar-refractivity contribution in [3.63, 3.8) is 0 Å². The number of hydrogen-bond donors (Lipinski definition) is 1. The van der Waals surface area contributed by atoms with Crippen LogP contribution < -0.4 is 5.73 Å². The SMILES string of the molecule is C=CCn1cnc(N)c1. The van der Waals surface area contributed by atoms with Gasteiger partial charge in [0, 0.05) is 12.7 Å². The number of aromatic nitrogens is 2. The minimum absolute atomic E-state index is 0.553. The molecule has 0 radical (unpaired) electrons. The standard InChI is InChI=1S/C6H9N3/c1-2-3-9-4-6(7)8-5-9/h2,4-5H,1,3,7H2. The van der Waals surface area contributed by atoms with E-state index in [2.05, 4.69) is 11.6 Å². The summed E-state index contributed by atoms with van der Waals surface area (Å²) in [6.07, 6.45) is 5.24. The van der Waals surface area contributed by atoms with Crippen LogP contribution in [0.1, 0.15) is 0 Å². The summed E-state index contributed by atoms with van der Waals surface area (Å²) in [5.41, 5.74) is 5.34. The molecular formula is C6H9N3. The monoisotopic (exact) mass is 123 g/mol. The molecular weight excluding hydrogens is 114 g/mol. The highest BCUT2D eigenvalue weighted by Crippen LogP contribution is 1.95. The van der Waals surface area contributed by atoms with E-state index < -0.39 is 0 Å². The first-order valence-electron chi connectivity index (χ1n) is 2.71. The summed E-state index contributed by atoms with van der Waals surface area (Å²) in [6.45, 7) is 4.34. The third-order valence-electron chi connectivity index (χ3n) is 0.993. The van der Waals surface area contributed by atoms with E-state index in [4.69, 9.17) is 5.73 Å². The van der Waals surface area contributed by atoms with Gasteiger partial charge < -0.3 is 10.3 Å². The number of allylic oxidation sites excluding steroid dienone is 1. The Kier molecular flexibility index (Phi) is 1.53. The Labute approximate surface area is 53.8 Å². The van der Waals surface area contributed by atoms with E-state index in [0.29, 0.717) is 5.82 Å². The van der Waals surface area contributed by atoms with Crippen LogP contribution in [-0.4, -0.2) is 9.55 Å². The summed E-state index contributed by atoms with van der Waals surface area (Å²) in [7, 11) is 0. The summed E-state index contributed by atoms with van der Waals surface area (Å²) in [4.78, 5) is 3.83. The number of imidazole rings is 1. The van der Waals surface area contributed by atoms with Crippen LogP contribution >= 0.6 is 0 Å². The van der Waals surface area contributed by atoms with Gasteiger partial charge in [-0.05, 0) is 0 Å². The molecule has 0 amide bonds. The Bertz CT molecular complexity index is 202. The molecule has 0 saturated carbocycles. The second-order valence-corrected chi connectivity index (χ2v) is 1.78. The predicted molar refractivity (Wildman–Crippen MR) is 36.8 cm³/mol. The van der Waals surface area contributed by atoms with Crippen LogP contribution in [0, 0.1) is 0 Å². The molecule has 1 aromatic rings. The van der Waals surface area contributed by atoms with Gasteiger partial charge in [-0.1, -0.05) is 6.08 Å². The Morgan fingerprint density at radius 2 is 2.67 bits per heavy atom. The fraction of sp³-hybridized carbons (Fsp3) is 0.167. The summed E-state index contributed by atoms with van der Waals surface area (Å²) in [6, 6.07) is 0. The van der Waals surface area contributed by atoms with Gasteiger partial charge in [0.25, 0.3) is 0 Å². The predicted octanol–water partition coefficient (Wildman–Crippen LogP) is 0.651. The lowest BCUT2D eigenvalue weighted by Gasteiger charge is -1.90. The Hall–Kier alpha value is -1.25. The number of rotatable bonds is 2. The molecule has 0 aromatic carbocycles. The maximum Gasteiger partial charge on any atom is 0.141 e. The molecule has 1 heterocycles. The van der Waals surface area contributed by atoms with Crippen LogP contribution in [0.25, 0.3) is 0 Å². The minimum atomic E-state index is 0.553. The average molecular weight is 123 g/mol. The van der Waals surface area contributed by atoms with Crippen molar-refractivity contribution >= 4 is 5.82 Å². The molecule has 0 aliphatic rings. The average Bonchev–Trinajstić information content (AvgIpc) is 2.17. The maximum absolute atomic E-state index is 5.34. The Morgan fingerprint density at radius 3 is 3.11 bits per heavy atom. The number of hydrogen-bond acceptors (Lipinski definition) is 2. The Balaban J connectivity index is 2.72. The van der Waals surface area contributed by atoms with Gasteiger partial charge >= 0.3 is 0 Å². The molecule has 0 unspecified atom stereocenters. The summed E-state index contributed by atoms with van der Waals surface area (Å²) in [5.74, 6) is 0.553. The molecule has 0 aliphatic heterocycles. The first-order chi connectivity index (χ1) is 4.33. The van der Waals surface area contributed by atoms with Gasteiger partial charge in [0.15, 0.2) is 0 Å². The maximum atomic E-state index is 5.34. The first kappa shape index (κ1) is 5.88. The fourth-order valence-electron chi connectivity index (χ4n) is 0.626. The summed E-state index contributed by atoms with van der Waals surface area (Å²) < 4.78 is 1.86.